The normalized spacial score (nSPS) is 19.1. The van der Waals surface area contributed by atoms with Crippen molar-refractivity contribution in [2.75, 3.05) is 26.3 Å². The van der Waals surface area contributed by atoms with Crippen LogP contribution in [0.4, 0.5) is 13.2 Å². The number of rotatable bonds is 4. The quantitative estimate of drug-likeness (QED) is 0.587. The molecule has 1 aromatic heterocycles. The molecular formula is C25H23F3N6O3S. The molecule has 3 aliphatic rings. The Labute approximate surface area is 220 Å². The molecule has 38 heavy (non-hydrogen) atoms. The molecule has 3 aliphatic heterocycles. The fourth-order valence-corrected chi connectivity index (χ4v) is 5.34. The summed E-state index contributed by atoms with van der Waals surface area (Å²) in [6.07, 6.45) is -2.96. The first-order valence-electron chi connectivity index (χ1n) is 11.7. The van der Waals surface area contributed by atoms with Crippen molar-refractivity contribution in [2.45, 2.75) is 26.4 Å². The third-order valence-electron chi connectivity index (χ3n) is 6.36. The van der Waals surface area contributed by atoms with Gasteiger partial charge in [0.1, 0.15) is 5.04 Å². The van der Waals surface area contributed by atoms with Gasteiger partial charge < -0.3 is 14.2 Å². The number of amides is 2. The number of carbonyl (C=O) groups is 2. The summed E-state index contributed by atoms with van der Waals surface area (Å²) in [6.45, 7) is 5.43. The second-order valence-electron chi connectivity index (χ2n) is 8.89. The minimum absolute atomic E-state index is 0.0110. The van der Waals surface area contributed by atoms with Crippen LogP contribution in [-0.2, 0) is 20.5 Å². The molecule has 0 radical (unpaired) electrons. The second-order valence-corrected chi connectivity index (χ2v) is 9.93. The Balaban J connectivity index is 1.40. The van der Waals surface area contributed by atoms with Crippen LogP contribution in [0.25, 0.3) is 11.8 Å². The number of amidine groups is 2. The Kier molecular flexibility index (Phi) is 6.73. The minimum atomic E-state index is -4.48. The fourth-order valence-electron chi connectivity index (χ4n) is 4.46. The molecule has 2 amide bonds. The number of aliphatic imine (C=N–C) groups is 1. The van der Waals surface area contributed by atoms with E-state index in [9.17, 15) is 22.8 Å². The van der Waals surface area contributed by atoms with E-state index in [0.29, 0.717) is 54.0 Å². The van der Waals surface area contributed by atoms with Gasteiger partial charge in [0, 0.05) is 30.2 Å². The van der Waals surface area contributed by atoms with E-state index in [1.165, 1.54) is 17.2 Å². The van der Waals surface area contributed by atoms with Crippen LogP contribution >= 0.6 is 11.8 Å². The van der Waals surface area contributed by atoms with Crippen LogP contribution in [0.1, 0.15) is 28.9 Å². The van der Waals surface area contributed by atoms with Gasteiger partial charge in [-0.1, -0.05) is 6.07 Å². The average molecular weight is 545 g/mol. The van der Waals surface area contributed by atoms with Gasteiger partial charge in [0.05, 0.1) is 30.8 Å². The lowest BCUT2D eigenvalue weighted by molar-refractivity contribution is -0.137. The number of ether oxygens (including phenoxy) is 1. The number of thioether (sulfide) groups is 1. The van der Waals surface area contributed by atoms with Crippen molar-refractivity contribution in [2.24, 2.45) is 10.1 Å². The highest BCUT2D eigenvalue weighted by atomic mass is 32.2. The van der Waals surface area contributed by atoms with E-state index in [0.717, 1.165) is 23.9 Å². The van der Waals surface area contributed by atoms with Crippen LogP contribution in [0.15, 0.2) is 46.0 Å². The van der Waals surface area contributed by atoms with E-state index < -0.39 is 17.6 Å². The van der Waals surface area contributed by atoms with Crippen LogP contribution in [0.5, 0.6) is 0 Å². The number of fused-ring (bicyclic) bond motifs is 1. The number of halogens is 3. The largest absolute Gasteiger partial charge is 0.416 e. The summed E-state index contributed by atoms with van der Waals surface area (Å²) in [4.78, 5) is 31.2. The number of hydrazone groups is 1. The number of aryl methyl sites for hydroxylation is 1. The maximum absolute atomic E-state index is 13.2. The number of benzene rings is 1. The van der Waals surface area contributed by atoms with E-state index >= 15 is 0 Å². The number of morpholine rings is 1. The van der Waals surface area contributed by atoms with Gasteiger partial charge in [-0.25, -0.2) is 0 Å². The van der Waals surface area contributed by atoms with E-state index in [4.69, 9.17) is 10.1 Å². The Morgan fingerprint density at radius 3 is 2.66 bits per heavy atom. The molecule has 0 saturated carbocycles. The summed E-state index contributed by atoms with van der Waals surface area (Å²) in [7, 11) is 0. The van der Waals surface area contributed by atoms with Gasteiger partial charge >= 0.3 is 6.18 Å². The summed E-state index contributed by atoms with van der Waals surface area (Å²) in [5.74, 6) is -0.936. The number of nitrogens with zero attached hydrogens (tertiary/aromatic N) is 5. The SMILES string of the molecule is Cc1cc(/C=C2\C(=N)N3N=C(CC(=O)N4CCOCC4)SC3=NC2=O)c(C)n1-c1cccc(C(F)(F)F)c1. The third kappa shape index (κ3) is 4.90. The van der Waals surface area contributed by atoms with Gasteiger partial charge in [-0.05, 0) is 61.5 Å². The minimum Gasteiger partial charge on any atom is -0.378 e. The van der Waals surface area contributed by atoms with Crippen molar-refractivity contribution in [3.05, 3.63) is 58.4 Å². The molecule has 198 valence electrons. The zero-order chi connectivity index (χ0) is 27.2. The second kappa shape index (κ2) is 9.87. The van der Waals surface area contributed by atoms with Crippen LogP contribution in [0.3, 0.4) is 0 Å². The zero-order valence-corrected chi connectivity index (χ0v) is 21.3. The predicted molar refractivity (Wildman–Crippen MR) is 137 cm³/mol. The van der Waals surface area contributed by atoms with Gasteiger partial charge in [-0.2, -0.15) is 28.3 Å². The number of hydrogen-bond acceptors (Lipinski definition) is 6. The van der Waals surface area contributed by atoms with E-state index in [-0.39, 0.29) is 28.9 Å². The lowest BCUT2D eigenvalue weighted by atomic mass is 10.1. The maximum Gasteiger partial charge on any atom is 0.416 e. The molecule has 0 unspecified atom stereocenters. The maximum atomic E-state index is 13.2. The summed E-state index contributed by atoms with van der Waals surface area (Å²) >= 11 is 1.08. The molecule has 9 nitrogen and oxygen atoms in total. The highest BCUT2D eigenvalue weighted by Crippen LogP contribution is 2.33. The van der Waals surface area contributed by atoms with Crippen molar-refractivity contribution in [3.8, 4) is 5.69 Å². The molecule has 0 bridgehead atoms. The van der Waals surface area contributed by atoms with Crippen molar-refractivity contribution < 1.29 is 27.5 Å². The molecular weight excluding hydrogens is 521 g/mol. The highest BCUT2D eigenvalue weighted by molar-refractivity contribution is 8.27. The van der Waals surface area contributed by atoms with Crippen molar-refractivity contribution in [1.29, 1.82) is 5.41 Å². The number of aromatic nitrogens is 1. The van der Waals surface area contributed by atoms with Crippen LogP contribution in [-0.4, -0.2) is 68.6 Å². The molecule has 0 spiro atoms. The number of carbonyl (C=O) groups excluding carboxylic acids is 2. The Morgan fingerprint density at radius 2 is 1.95 bits per heavy atom. The van der Waals surface area contributed by atoms with Gasteiger partial charge in [0.25, 0.3) is 5.91 Å². The van der Waals surface area contributed by atoms with Crippen LogP contribution in [0, 0.1) is 19.3 Å². The standard InChI is InChI=1S/C25H23F3N6O3S/c1-14-10-16(15(2)33(14)18-5-3-4-17(12-18)25(26,27)28)11-19-22(29)34-24(30-23(19)36)38-20(31-34)13-21(35)32-6-8-37-9-7-32/h3-5,10-12,29H,6-9,13H2,1-2H3/b19-11+,29-22?. The molecule has 4 heterocycles. The van der Waals surface area contributed by atoms with Crippen LogP contribution in [0.2, 0.25) is 0 Å². The zero-order valence-electron chi connectivity index (χ0n) is 20.5. The summed E-state index contributed by atoms with van der Waals surface area (Å²) < 4.78 is 46.7. The van der Waals surface area contributed by atoms with Crippen molar-refractivity contribution >= 4 is 45.7 Å². The fraction of sp³-hybridized carbons (Fsp3) is 0.320. The van der Waals surface area contributed by atoms with E-state index in [1.807, 2.05) is 0 Å². The van der Waals surface area contributed by atoms with E-state index in [1.54, 1.807) is 35.4 Å². The van der Waals surface area contributed by atoms with Gasteiger partial charge in [0.15, 0.2) is 5.84 Å². The van der Waals surface area contributed by atoms with Gasteiger partial charge in [0.2, 0.25) is 11.1 Å². The third-order valence-corrected chi connectivity index (χ3v) is 7.27. The smallest absolute Gasteiger partial charge is 0.378 e. The molecule has 1 aromatic carbocycles. The molecule has 0 atom stereocenters. The van der Waals surface area contributed by atoms with Crippen molar-refractivity contribution in [1.82, 2.24) is 14.5 Å². The molecule has 1 fully saturated rings. The lowest BCUT2D eigenvalue weighted by Gasteiger charge is -2.26. The number of alkyl halides is 3. The van der Waals surface area contributed by atoms with Crippen LogP contribution < -0.4 is 0 Å². The topological polar surface area (TPSA) is 103 Å². The average Bonchev–Trinajstić information content (AvgIpc) is 3.40. The molecule has 1 saturated heterocycles. The van der Waals surface area contributed by atoms with Gasteiger partial charge in [-0.15, -0.1) is 0 Å². The molecule has 2 aromatic rings. The molecule has 5 rings (SSSR count). The first-order valence-corrected chi connectivity index (χ1v) is 12.6. The Morgan fingerprint density at radius 1 is 1.21 bits per heavy atom. The lowest BCUT2D eigenvalue weighted by Crippen LogP contribution is -2.41. The van der Waals surface area contributed by atoms with E-state index in [2.05, 4.69) is 10.1 Å². The number of nitrogens with one attached hydrogen (secondary N) is 1. The molecule has 0 aliphatic carbocycles. The summed E-state index contributed by atoms with van der Waals surface area (Å²) in [5.41, 5.74) is 1.38. The molecule has 13 heteroatoms. The Bertz CT molecular complexity index is 1440. The monoisotopic (exact) mass is 544 g/mol. The predicted octanol–water partition coefficient (Wildman–Crippen LogP) is 3.98. The first kappa shape index (κ1) is 25.9. The van der Waals surface area contributed by atoms with Gasteiger partial charge in [-0.3, -0.25) is 15.0 Å². The Hall–Kier alpha value is -3.71. The van der Waals surface area contributed by atoms with Crippen molar-refractivity contribution in [3.63, 3.8) is 0 Å². The summed E-state index contributed by atoms with van der Waals surface area (Å²) in [5, 5.41) is 14.8. The highest BCUT2D eigenvalue weighted by Gasteiger charge is 2.37. The summed E-state index contributed by atoms with van der Waals surface area (Å²) in [6, 6.07) is 6.73. The number of hydrogen-bond donors (Lipinski definition) is 1. The first-order chi connectivity index (χ1) is 18.0. The molecule has 1 N–H and O–H groups in total.